The average Bonchev–Trinajstić information content (AvgIpc) is 2.37. The number of ether oxygens (including phenoxy) is 2. The third kappa shape index (κ3) is 4.40. The van der Waals surface area contributed by atoms with Gasteiger partial charge in [0.15, 0.2) is 0 Å². The molecule has 0 bridgehead atoms. The number of fused-ring (bicyclic) bond motifs is 1. The van der Waals surface area contributed by atoms with Crippen molar-refractivity contribution in [2.75, 3.05) is 19.8 Å². The molecule has 0 spiro atoms. The number of aromatic nitrogens is 1. The van der Waals surface area contributed by atoms with Crippen LogP contribution in [-0.4, -0.2) is 31.0 Å². The summed E-state index contributed by atoms with van der Waals surface area (Å²) in [7, 11) is 0. The largest absolute Gasteiger partial charge is 0.490 e. The Kier molecular flexibility index (Phi) is 4.21. The lowest BCUT2D eigenvalue weighted by Gasteiger charge is -2.09. The van der Waals surface area contributed by atoms with Crippen LogP contribution in [0.4, 0.5) is 13.2 Å². The summed E-state index contributed by atoms with van der Waals surface area (Å²) in [6.07, 6.45) is -2.77. The van der Waals surface area contributed by atoms with E-state index in [-0.39, 0.29) is 13.2 Å². The van der Waals surface area contributed by atoms with Crippen molar-refractivity contribution < 1.29 is 22.6 Å². The van der Waals surface area contributed by atoms with Crippen molar-refractivity contribution in [3.8, 4) is 5.75 Å². The van der Waals surface area contributed by atoms with E-state index in [0.29, 0.717) is 5.75 Å². The predicted octanol–water partition coefficient (Wildman–Crippen LogP) is 3.19. The molecule has 6 heteroatoms. The van der Waals surface area contributed by atoms with E-state index >= 15 is 0 Å². The maximum absolute atomic E-state index is 11.8. The van der Waals surface area contributed by atoms with Crippen LogP contribution in [0.25, 0.3) is 10.9 Å². The fraction of sp³-hybridized carbons (Fsp3) is 0.308. The molecule has 0 saturated heterocycles. The second-order valence-corrected chi connectivity index (χ2v) is 3.88. The predicted molar refractivity (Wildman–Crippen MR) is 64.1 cm³/mol. The molecule has 0 fully saturated rings. The molecule has 19 heavy (non-hydrogen) atoms. The number of rotatable bonds is 5. The Morgan fingerprint density at radius 2 is 1.89 bits per heavy atom. The van der Waals surface area contributed by atoms with Crippen LogP contribution in [0.3, 0.4) is 0 Å². The minimum Gasteiger partial charge on any atom is -0.490 e. The van der Waals surface area contributed by atoms with Crippen molar-refractivity contribution >= 4 is 10.9 Å². The van der Waals surface area contributed by atoms with Gasteiger partial charge in [-0.05, 0) is 12.1 Å². The summed E-state index contributed by atoms with van der Waals surface area (Å²) in [6, 6.07) is 9.29. The highest BCUT2D eigenvalue weighted by molar-refractivity contribution is 5.79. The molecule has 0 aliphatic rings. The highest BCUT2D eigenvalue weighted by Gasteiger charge is 2.27. The number of halogens is 3. The van der Waals surface area contributed by atoms with E-state index < -0.39 is 12.8 Å². The van der Waals surface area contributed by atoms with Gasteiger partial charge in [0.25, 0.3) is 0 Å². The van der Waals surface area contributed by atoms with Crippen LogP contribution in [0.15, 0.2) is 36.5 Å². The van der Waals surface area contributed by atoms with Crippen LogP contribution in [0.5, 0.6) is 5.75 Å². The van der Waals surface area contributed by atoms with Crippen LogP contribution in [-0.2, 0) is 4.74 Å². The summed E-state index contributed by atoms with van der Waals surface area (Å²) in [5.41, 5.74) is 0.836. The summed E-state index contributed by atoms with van der Waals surface area (Å²) >= 11 is 0. The van der Waals surface area contributed by atoms with Crippen LogP contribution < -0.4 is 4.74 Å². The highest BCUT2D eigenvalue weighted by Crippen LogP contribution is 2.18. The molecule has 0 saturated carbocycles. The van der Waals surface area contributed by atoms with Crippen LogP contribution in [0.2, 0.25) is 0 Å². The SMILES string of the molecule is FC(F)(F)COCCOc1cnc2ccccc2c1. The molecule has 1 heterocycles. The van der Waals surface area contributed by atoms with Crippen molar-refractivity contribution in [2.45, 2.75) is 6.18 Å². The third-order valence-electron chi connectivity index (χ3n) is 2.33. The smallest absolute Gasteiger partial charge is 0.411 e. The van der Waals surface area contributed by atoms with E-state index in [1.807, 2.05) is 24.3 Å². The van der Waals surface area contributed by atoms with Gasteiger partial charge in [-0.15, -0.1) is 0 Å². The lowest BCUT2D eigenvalue weighted by atomic mass is 10.2. The van der Waals surface area contributed by atoms with Gasteiger partial charge in [-0.3, -0.25) is 4.98 Å². The first-order valence-corrected chi connectivity index (χ1v) is 5.67. The second kappa shape index (κ2) is 5.88. The molecule has 3 nitrogen and oxygen atoms in total. The van der Waals surface area contributed by atoms with Gasteiger partial charge in [0.1, 0.15) is 19.0 Å². The number of para-hydroxylation sites is 1. The van der Waals surface area contributed by atoms with Gasteiger partial charge in [0, 0.05) is 5.39 Å². The van der Waals surface area contributed by atoms with E-state index in [9.17, 15) is 13.2 Å². The average molecular weight is 271 g/mol. The maximum atomic E-state index is 11.8. The Hall–Kier alpha value is -1.82. The summed E-state index contributed by atoms with van der Waals surface area (Å²) in [5, 5.41) is 0.913. The third-order valence-corrected chi connectivity index (χ3v) is 2.33. The Bertz CT molecular complexity index is 543. The zero-order chi connectivity index (χ0) is 13.7. The molecule has 0 aliphatic heterocycles. The molecule has 0 amide bonds. The zero-order valence-electron chi connectivity index (χ0n) is 9.98. The van der Waals surface area contributed by atoms with E-state index in [2.05, 4.69) is 9.72 Å². The van der Waals surface area contributed by atoms with Crippen LogP contribution in [0, 0.1) is 0 Å². The molecule has 0 radical (unpaired) electrons. The Labute approximate surface area is 108 Å². The van der Waals surface area contributed by atoms with Crippen molar-refractivity contribution in [3.63, 3.8) is 0 Å². The molecule has 0 atom stereocenters. The standard InChI is InChI=1S/C13H12F3NO2/c14-13(15,16)9-18-5-6-19-11-7-10-3-1-2-4-12(10)17-8-11/h1-4,7-8H,5-6,9H2. The lowest BCUT2D eigenvalue weighted by molar-refractivity contribution is -0.175. The first-order valence-electron chi connectivity index (χ1n) is 5.67. The maximum Gasteiger partial charge on any atom is 0.411 e. The lowest BCUT2D eigenvalue weighted by Crippen LogP contribution is -2.19. The van der Waals surface area contributed by atoms with Crippen LogP contribution >= 0.6 is 0 Å². The second-order valence-electron chi connectivity index (χ2n) is 3.88. The van der Waals surface area contributed by atoms with Crippen molar-refractivity contribution in [3.05, 3.63) is 36.5 Å². The molecule has 0 aliphatic carbocycles. The van der Waals surface area contributed by atoms with Gasteiger partial charge in [0.2, 0.25) is 0 Å². The molecule has 102 valence electrons. The fourth-order valence-electron chi connectivity index (χ4n) is 1.54. The quantitative estimate of drug-likeness (QED) is 0.783. The van der Waals surface area contributed by atoms with Gasteiger partial charge in [-0.1, -0.05) is 18.2 Å². The number of benzene rings is 1. The molecule has 1 aromatic carbocycles. The first kappa shape index (κ1) is 13.6. The van der Waals surface area contributed by atoms with E-state index in [1.165, 1.54) is 6.20 Å². The van der Waals surface area contributed by atoms with E-state index in [1.54, 1.807) is 6.07 Å². The summed E-state index contributed by atoms with van der Waals surface area (Å²) < 4.78 is 45.1. The molecule has 1 aromatic heterocycles. The number of alkyl halides is 3. The molecule has 0 unspecified atom stereocenters. The van der Waals surface area contributed by atoms with Gasteiger partial charge in [0.05, 0.1) is 18.3 Å². The van der Waals surface area contributed by atoms with Crippen molar-refractivity contribution in [1.29, 1.82) is 0 Å². The summed E-state index contributed by atoms with van der Waals surface area (Å²) in [6.45, 7) is -1.32. The van der Waals surface area contributed by atoms with E-state index in [0.717, 1.165) is 10.9 Å². The van der Waals surface area contributed by atoms with Crippen molar-refractivity contribution in [2.24, 2.45) is 0 Å². The normalized spacial score (nSPS) is 11.7. The van der Waals surface area contributed by atoms with E-state index in [4.69, 9.17) is 4.74 Å². The topological polar surface area (TPSA) is 31.4 Å². The number of hydrogen-bond acceptors (Lipinski definition) is 3. The Balaban J connectivity index is 1.82. The van der Waals surface area contributed by atoms with Gasteiger partial charge >= 0.3 is 6.18 Å². The number of nitrogens with zero attached hydrogens (tertiary/aromatic N) is 1. The fourth-order valence-corrected chi connectivity index (χ4v) is 1.54. The molecule has 2 rings (SSSR count). The van der Waals surface area contributed by atoms with Gasteiger partial charge in [-0.25, -0.2) is 0 Å². The minimum absolute atomic E-state index is 0.0517. The number of hydrogen-bond donors (Lipinski definition) is 0. The van der Waals surface area contributed by atoms with Crippen molar-refractivity contribution in [1.82, 2.24) is 4.98 Å². The monoisotopic (exact) mass is 271 g/mol. The zero-order valence-corrected chi connectivity index (χ0v) is 9.98. The highest BCUT2D eigenvalue weighted by atomic mass is 19.4. The molecule has 2 aromatic rings. The Morgan fingerprint density at radius 3 is 2.68 bits per heavy atom. The Morgan fingerprint density at radius 1 is 1.11 bits per heavy atom. The molecular formula is C13H12F3NO2. The summed E-state index contributed by atoms with van der Waals surface area (Å²) in [5.74, 6) is 0.509. The van der Waals surface area contributed by atoms with Gasteiger partial charge < -0.3 is 9.47 Å². The minimum atomic E-state index is -4.30. The number of pyridine rings is 1. The first-order chi connectivity index (χ1) is 9.04. The van der Waals surface area contributed by atoms with Crippen LogP contribution in [0.1, 0.15) is 0 Å². The molecular weight excluding hydrogens is 259 g/mol. The summed E-state index contributed by atoms with van der Waals surface area (Å²) in [4.78, 5) is 4.17. The molecule has 0 N–H and O–H groups in total. The van der Waals surface area contributed by atoms with Gasteiger partial charge in [-0.2, -0.15) is 13.2 Å².